The molecule has 0 aliphatic carbocycles. The Morgan fingerprint density at radius 2 is 1.88 bits per heavy atom. The molecule has 0 spiro atoms. The van der Waals surface area contributed by atoms with Gasteiger partial charge < -0.3 is 5.11 Å². The molecule has 0 amide bonds. The highest BCUT2D eigenvalue weighted by molar-refractivity contribution is 6.88. The zero-order chi connectivity index (χ0) is 5.98. The fraction of sp³-hybridized carbons (Fsp3) is 0.800. The molecule has 44 valence electrons. The molecule has 1 saturated heterocycles. The second-order valence-electron chi connectivity index (χ2n) is 2.32. The maximum absolute atomic E-state index is 10.2. The van der Waals surface area contributed by atoms with E-state index in [1.165, 1.54) is 0 Å². The van der Waals surface area contributed by atoms with Crippen LogP contribution >= 0.6 is 0 Å². The van der Waals surface area contributed by atoms with E-state index in [0.29, 0.717) is 0 Å². The summed E-state index contributed by atoms with van der Waals surface area (Å²) in [5.74, 6) is -0.609. The van der Waals surface area contributed by atoms with Crippen LogP contribution in [0.4, 0.5) is 4.79 Å². The fourth-order valence-corrected chi connectivity index (χ4v) is 1.17. The van der Waals surface area contributed by atoms with E-state index in [1.54, 1.807) is 0 Å². The highest BCUT2D eigenvalue weighted by Crippen LogP contribution is 2.19. The number of hydrogen-bond acceptors (Lipinski definition) is 1. The monoisotopic (exact) mass is 112 g/mol. The Bertz CT molecular complexity index is 96.6. The van der Waals surface area contributed by atoms with Crippen LogP contribution in [0.25, 0.3) is 0 Å². The number of carbonyl (C=O) groups is 1. The maximum atomic E-state index is 10.2. The van der Waals surface area contributed by atoms with Crippen LogP contribution < -0.4 is 0 Å². The van der Waals surface area contributed by atoms with Crippen molar-refractivity contribution in [3.05, 3.63) is 0 Å². The van der Waals surface area contributed by atoms with Crippen molar-refractivity contribution in [2.45, 2.75) is 25.5 Å². The largest absolute Gasteiger partial charge is 0.489 e. The van der Waals surface area contributed by atoms with E-state index in [4.69, 9.17) is 5.11 Å². The van der Waals surface area contributed by atoms with E-state index in [0.717, 1.165) is 25.5 Å². The highest BCUT2D eigenvalue weighted by Gasteiger charge is 2.26. The minimum atomic E-state index is -0.609. The van der Waals surface area contributed by atoms with Crippen LogP contribution in [0.1, 0.15) is 12.8 Å². The van der Waals surface area contributed by atoms with Gasteiger partial charge in [-0.1, -0.05) is 25.5 Å². The van der Waals surface area contributed by atoms with Crippen LogP contribution in [-0.2, 0) is 0 Å². The van der Waals surface area contributed by atoms with Crippen LogP contribution in [0.3, 0.4) is 0 Å². The Hall–Kier alpha value is -0.465. The molecule has 1 fully saturated rings. The Morgan fingerprint density at radius 1 is 1.38 bits per heavy atom. The zero-order valence-electron chi connectivity index (χ0n) is 4.76. The number of rotatable bonds is 1. The van der Waals surface area contributed by atoms with E-state index >= 15 is 0 Å². The van der Waals surface area contributed by atoms with Crippen molar-refractivity contribution < 1.29 is 9.90 Å². The van der Waals surface area contributed by atoms with Gasteiger partial charge in [0.1, 0.15) is 0 Å². The molecule has 0 radical (unpaired) electrons. The van der Waals surface area contributed by atoms with Gasteiger partial charge in [-0.25, -0.2) is 0 Å². The molecule has 1 rings (SSSR count). The molecule has 3 heteroatoms. The van der Waals surface area contributed by atoms with Gasteiger partial charge in [0, 0.05) is 0 Å². The molecule has 0 aromatic heterocycles. The van der Waals surface area contributed by atoms with Gasteiger partial charge in [0.25, 0.3) is 6.71 Å². The SMILES string of the molecule is O=C(O)B1CCCC1. The fourth-order valence-electron chi connectivity index (χ4n) is 1.17. The summed E-state index contributed by atoms with van der Waals surface area (Å²) < 4.78 is 0. The first-order valence-electron chi connectivity index (χ1n) is 3.03. The van der Waals surface area contributed by atoms with E-state index in [1.807, 2.05) is 0 Å². The molecule has 1 aliphatic heterocycles. The minimum Gasteiger partial charge on any atom is -0.489 e. The Kier molecular flexibility index (Phi) is 1.56. The molecule has 0 unspecified atom stereocenters. The van der Waals surface area contributed by atoms with Crippen molar-refractivity contribution in [1.29, 1.82) is 0 Å². The van der Waals surface area contributed by atoms with Crippen molar-refractivity contribution in [1.82, 2.24) is 0 Å². The maximum Gasteiger partial charge on any atom is 0.277 e. The molecule has 0 saturated carbocycles. The van der Waals surface area contributed by atoms with Crippen molar-refractivity contribution in [3.63, 3.8) is 0 Å². The van der Waals surface area contributed by atoms with Gasteiger partial charge in [-0.3, -0.25) is 4.79 Å². The van der Waals surface area contributed by atoms with Gasteiger partial charge in [0.05, 0.1) is 0 Å². The number of carboxylic acid groups (broad SMARTS) is 1. The minimum absolute atomic E-state index is 0.0185. The smallest absolute Gasteiger partial charge is 0.277 e. The lowest BCUT2D eigenvalue weighted by Crippen LogP contribution is -2.18. The molecular formula is C5H9BO2. The quantitative estimate of drug-likeness (QED) is 0.522. The third-order valence-corrected chi connectivity index (χ3v) is 1.70. The summed E-state index contributed by atoms with van der Waals surface area (Å²) in [6.07, 6.45) is 4.01. The Labute approximate surface area is 49.0 Å². The van der Waals surface area contributed by atoms with E-state index < -0.39 is 5.87 Å². The third-order valence-electron chi connectivity index (χ3n) is 1.70. The van der Waals surface area contributed by atoms with Crippen LogP contribution in [-0.4, -0.2) is 17.7 Å². The molecule has 0 bridgehead atoms. The van der Waals surface area contributed by atoms with Crippen LogP contribution in [0.5, 0.6) is 0 Å². The van der Waals surface area contributed by atoms with Crippen molar-refractivity contribution >= 4 is 12.6 Å². The van der Waals surface area contributed by atoms with E-state index in [9.17, 15) is 4.79 Å². The van der Waals surface area contributed by atoms with Gasteiger partial charge in [-0.2, -0.15) is 0 Å². The summed E-state index contributed by atoms with van der Waals surface area (Å²) >= 11 is 0. The molecular weight excluding hydrogens is 103 g/mol. The second kappa shape index (κ2) is 2.20. The van der Waals surface area contributed by atoms with Gasteiger partial charge in [0.15, 0.2) is 0 Å². The Morgan fingerprint density at radius 3 is 2.12 bits per heavy atom. The van der Waals surface area contributed by atoms with Gasteiger partial charge >= 0.3 is 0 Å². The lowest BCUT2D eigenvalue weighted by molar-refractivity contribution is 0.219. The van der Waals surface area contributed by atoms with E-state index in [2.05, 4.69) is 0 Å². The first kappa shape index (κ1) is 5.67. The van der Waals surface area contributed by atoms with Crippen LogP contribution in [0.2, 0.25) is 12.6 Å². The van der Waals surface area contributed by atoms with Gasteiger partial charge in [-0.05, 0) is 0 Å². The molecule has 1 heterocycles. The summed E-state index contributed by atoms with van der Waals surface area (Å²) in [5, 5.41) is 8.41. The second-order valence-corrected chi connectivity index (χ2v) is 2.32. The molecule has 8 heavy (non-hydrogen) atoms. The van der Waals surface area contributed by atoms with Crippen molar-refractivity contribution in [2.75, 3.05) is 0 Å². The standard InChI is InChI=1S/C5H9BO2/c7-5(8)6-3-1-2-4-6/h1-4H2,(H,7,8). The molecule has 0 aromatic carbocycles. The lowest BCUT2D eigenvalue weighted by Gasteiger charge is -1.91. The summed E-state index contributed by atoms with van der Waals surface area (Å²) in [6.45, 7) is -0.0185. The molecule has 0 aromatic rings. The predicted octanol–water partition coefficient (Wildman–Crippen LogP) is 1.53. The molecule has 1 aliphatic rings. The van der Waals surface area contributed by atoms with Crippen molar-refractivity contribution in [3.8, 4) is 0 Å². The average Bonchev–Trinajstić information content (AvgIpc) is 2.12. The highest BCUT2D eigenvalue weighted by atomic mass is 16.4. The summed E-state index contributed by atoms with van der Waals surface area (Å²) in [5.41, 5.74) is 0. The first-order valence-corrected chi connectivity index (χ1v) is 3.03. The first-order chi connectivity index (χ1) is 3.80. The molecule has 0 atom stereocenters. The summed E-state index contributed by atoms with van der Waals surface area (Å²) in [6, 6.07) is 0. The molecule has 2 nitrogen and oxygen atoms in total. The predicted molar refractivity (Wildman–Crippen MR) is 32.6 cm³/mol. The van der Waals surface area contributed by atoms with Crippen LogP contribution in [0.15, 0.2) is 0 Å². The number of hydrogen-bond donors (Lipinski definition) is 1. The van der Waals surface area contributed by atoms with E-state index in [-0.39, 0.29) is 6.71 Å². The molecule has 1 N–H and O–H groups in total. The summed E-state index contributed by atoms with van der Waals surface area (Å²) in [4.78, 5) is 10.2. The van der Waals surface area contributed by atoms with Crippen LogP contribution in [0, 0.1) is 0 Å². The Balaban J connectivity index is 2.35. The van der Waals surface area contributed by atoms with Gasteiger partial charge in [-0.15, -0.1) is 0 Å². The third kappa shape index (κ3) is 1.03. The average molecular weight is 112 g/mol. The normalized spacial score (nSPS) is 19.2. The van der Waals surface area contributed by atoms with Gasteiger partial charge in [0.2, 0.25) is 5.87 Å². The lowest BCUT2D eigenvalue weighted by atomic mass is 9.49. The summed E-state index contributed by atoms with van der Waals surface area (Å²) in [7, 11) is 0. The topological polar surface area (TPSA) is 37.3 Å². The van der Waals surface area contributed by atoms with Crippen molar-refractivity contribution in [2.24, 2.45) is 0 Å². The zero-order valence-corrected chi connectivity index (χ0v) is 4.76.